The van der Waals surface area contributed by atoms with Crippen molar-refractivity contribution in [2.24, 2.45) is 0 Å². The molecule has 3 aromatic rings. The van der Waals surface area contributed by atoms with Crippen LogP contribution in [-0.2, 0) is 20.9 Å². The van der Waals surface area contributed by atoms with E-state index in [1.54, 1.807) is 0 Å². The van der Waals surface area contributed by atoms with Crippen LogP contribution < -0.4 is 10.6 Å². The van der Waals surface area contributed by atoms with Crippen LogP contribution in [0.15, 0.2) is 60.9 Å². The van der Waals surface area contributed by atoms with Crippen molar-refractivity contribution in [3.8, 4) is 11.1 Å². The van der Waals surface area contributed by atoms with Crippen LogP contribution in [0.1, 0.15) is 24.0 Å². The van der Waals surface area contributed by atoms with E-state index in [-0.39, 0.29) is 19.1 Å². The van der Waals surface area contributed by atoms with Crippen molar-refractivity contribution < 1.29 is 29.3 Å². The lowest BCUT2D eigenvalue weighted by Crippen LogP contribution is -2.48. The summed E-state index contributed by atoms with van der Waals surface area (Å²) in [7, 11) is 0. The third kappa shape index (κ3) is 4.91. The molecule has 0 aliphatic heterocycles. The highest BCUT2D eigenvalue weighted by Crippen LogP contribution is 2.44. The number of amides is 2. The molecule has 1 aliphatic carbocycles. The number of carbonyl (C=O) groups is 3. The van der Waals surface area contributed by atoms with Gasteiger partial charge in [-0.05, 0) is 29.2 Å². The minimum atomic E-state index is -1.43. The minimum Gasteiger partial charge on any atom is -0.480 e. The van der Waals surface area contributed by atoms with Gasteiger partial charge in [0.15, 0.2) is 6.04 Å². The number of carbonyl (C=O) groups excluding carboxylic acids is 2. The summed E-state index contributed by atoms with van der Waals surface area (Å²) in [6, 6.07) is 14.6. The van der Waals surface area contributed by atoms with Gasteiger partial charge in [0.05, 0.1) is 18.0 Å². The number of anilines is 1. The number of carboxylic acid groups (broad SMARTS) is 1. The van der Waals surface area contributed by atoms with E-state index in [1.165, 1.54) is 24.0 Å². The highest BCUT2D eigenvalue weighted by Gasteiger charge is 2.29. The van der Waals surface area contributed by atoms with Gasteiger partial charge in [0.2, 0.25) is 5.91 Å². The van der Waals surface area contributed by atoms with Gasteiger partial charge in [-0.15, -0.1) is 0 Å². The van der Waals surface area contributed by atoms with Gasteiger partial charge in [-0.25, -0.2) is 9.59 Å². The average Bonchev–Trinajstić information content (AvgIpc) is 3.37. The first-order valence-corrected chi connectivity index (χ1v) is 10.7. The molecule has 0 radical (unpaired) electrons. The zero-order valence-electron chi connectivity index (χ0n) is 18.3. The van der Waals surface area contributed by atoms with Crippen molar-refractivity contribution in [1.29, 1.82) is 0 Å². The van der Waals surface area contributed by atoms with Gasteiger partial charge in [0.25, 0.3) is 0 Å². The quantitative estimate of drug-likeness (QED) is 0.400. The van der Waals surface area contributed by atoms with E-state index in [0.717, 1.165) is 22.3 Å². The molecule has 176 valence electrons. The Morgan fingerprint density at radius 3 is 2.29 bits per heavy atom. The Morgan fingerprint density at radius 2 is 1.71 bits per heavy atom. The summed E-state index contributed by atoms with van der Waals surface area (Å²) in [5.41, 5.74) is 4.79. The van der Waals surface area contributed by atoms with Crippen molar-refractivity contribution in [2.75, 3.05) is 11.9 Å². The predicted octanol–water partition coefficient (Wildman–Crippen LogP) is 2.19. The van der Waals surface area contributed by atoms with Crippen molar-refractivity contribution in [3.63, 3.8) is 0 Å². The molecule has 2 unspecified atom stereocenters. The monoisotopic (exact) mass is 464 g/mol. The summed E-state index contributed by atoms with van der Waals surface area (Å²) in [5, 5.41) is 27.3. The van der Waals surface area contributed by atoms with E-state index in [0.29, 0.717) is 5.69 Å². The van der Waals surface area contributed by atoms with Crippen LogP contribution in [0, 0.1) is 0 Å². The number of aliphatic carboxylic acids is 1. The van der Waals surface area contributed by atoms with Gasteiger partial charge in [-0.1, -0.05) is 48.5 Å². The fourth-order valence-corrected chi connectivity index (χ4v) is 4.02. The van der Waals surface area contributed by atoms with Gasteiger partial charge in [-0.2, -0.15) is 5.10 Å². The number of hydrogen-bond donors (Lipinski definition) is 4. The van der Waals surface area contributed by atoms with Gasteiger partial charge in [-0.3, -0.25) is 14.8 Å². The Bertz CT molecular complexity index is 1180. The molecule has 0 saturated heterocycles. The first-order valence-electron chi connectivity index (χ1n) is 10.7. The smallest absolute Gasteiger partial charge is 0.411 e. The van der Waals surface area contributed by atoms with Crippen LogP contribution in [0.3, 0.4) is 0 Å². The lowest BCUT2D eigenvalue weighted by Gasteiger charge is -2.16. The topological polar surface area (TPSA) is 143 Å². The molecular weight excluding hydrogens is 440 g/mol. The van der Waals surface area contributed by atoms with Crippen LogP contribution in [0.2, 0.25) is 0 Å². The van der Waals surface area contributed by atoms with E-state index in [2.05, 4.69) is 27.9 Å². The van der Waals surface area contributed by atoms with E-state index in [1.807, 2.05) is 36.4 Å². The van der Waals surface area contributed by atoms with Gasteiger partial charge in [0, 0.05) is 12.1 Å². The van der Waals surface area contributed by atoms with Crippen LogP contribution in [0.4, 0.5) is 10.5 Å². The number of aliphatic hydroxyl groups excluding tert-OH is 1. The second-order valence-electron chi connectivity index (χ2n) is 8.00. The van der Waals surface area contributed by atoms with Crippen molar-refractivity contribution in [2.45, 2.75) is 31.5 Å². The Hall–Kier alpha value is -4.18. The predicted molar refractivity (Wildman–Crippen MR) is 122 cm³/mol. The standard InChI is InChI=1S/C24H24N4O6/c1-14(29)22(23(31)32)27-21(30)12-28-11-15(10-25-28)26-24(33)34-13-20-18-8-4-2-6-16(18)17-7-3-5-9-19(17)20/h2-11,14,20,22,29H,12-13H2,1H3,(H,26,33)(H,27,30)(H,31,32). The largest absolute Gasteiger partial charge is 0.480 e. The molecule has 2 aromatic carbocycles. The SMILES string of the molecule is CC(O)C(NC(=O)Cn1cc(NC(=O)OCC2c3ccccc3-c3ccccc32)cn1)C(=O)O. The summed E-state index contributed by atoms with van der Waals surface area (Å²) in [4.78, 5) is 35.5. The highest BCUT2D eigenvalue weighted by atomic mass is 16.5. The molecule has 0 saturated carbocycles. The van der Waals surface area contributed by atoms with Crippen LogP contribution in [0.5, 0.6) is 0 Å². The molecule has 10 heteroatoms. The second-order valence-corrected chi connectivity index (χ2v) is 8.00. The Kier molecular flexibility index (Phi) is 6.60. The van der Waals surface area contributed by atoms with Crippen LogP contribution >= 0.6 is 0 Å². The number of ether oxygens (including phenoxy) is 1. The van der Waals surface area contributed by atoms with Crippen molar-refractivity contribution in [1.82, 2.24) is 15.1 Å². The van der Waals surface area contributed by atoms with Crippen LogP contribution in [-0.4, -0.2) is 56.7 Å². The number of rotatable bonds is 8. The fraction of sp³-hybridized carbons (Fsp3) is 0.250. The zero-order chi connectivity index (χ0) is 24.2. The number of benzene rings is 2. The van der Waals surface area contributed by atoms with Gasteiger partial charge in [0.1, 0.15) is 13.2 Å². The number of carboxylic acids is 1. The van der Waals surface area contributed by atoms with E-state index in [4.69, 9.17) is 9.84 Å². The number of aromatic nitrogens is 2. The first-order chi connectivity index (χ1) is 16.3. The third-order valence-electron chi connectivity index (χ3n) is 5.59. The summed E-state index contributed by atoms with van der Waals surface area (Å²) in [6.07, 6.45) is 0.841. The lowest BCUT2D eigenvalue weighted by molar-refractivity contribution is -0.144. The molecule has 1 heterocycles. The molecular formula is C24H24N4O6. The normalized spacial score (nSPS) is 13.9. The molecule has 0 fully saturated rings. The number of nitrogens with one attached hydrogen (secondary N) is 2. The highest BCUT2D eigenvalue weighted by molar-refractivity contribution is 5.85. The fourth-order valence-electron chi connectivity index (χ4n) is 4.02. The average molecular weight is 464 g/mol. The van der Waals surface area contributed by atoms with E-state index in [9.17, 15) is 19.5 Å². The number of fused-ring (bicyclic) bond motifs is 3. The maximum absolute atomic E-state index is 12.4. The molecule has 4 N–H and O–H groups in total. The second kappa shape index (κ2) is 9.75. The molecule has 0 bridgehead atoms. The molecule has 2 atom stereocenters. The Balaban J connectivity index is 1.33. The van der Waals surface area contributed by atoms with Crippen molar-refractivity contribution in [3.05, 3.63) is 72.1 Å². The summed E-state index contributed by atoms with van der Waals surface area (Å²) in [6.45, 7) is 1.14. The van der Waals surface area contributed by atoms with Crippen LogP contribution in [0.25, 0.3) is 11.1 Å². The zero-order valence-corrected chi connectivity index (χ0v) is 18.3. The van der Waals surface area contributed by atoms with Crippen molar-refractivity contribution >= 4 is 23.7 Å². The molecule has 1 aromatic heterocycles. The lowest BCUT2D eigenvalue weighted by atomic mass is 9.98. The number of hydrogen-bond acceptors (Lipinski definition) is 6. The molecule has 34 heavy (non-hydrogen) atoms. The maximum Gasteiger partial charge on any atom is 0.411 e. The molecule has 1 aliphatic rings. The first kappa shape index (κ1) is 23.0. The number of nitrogens with zero attached hydrogens (tertiary/aromatic N) is 2. The Morgan fingerprint density at radius 1 is 1.09 bits per heavy atom. The molecule has 4 rings (SSSR count). The summed E-state index contributed by atoms with van der Waals surface area (Å²) < 4.78 is 6.71. The maximum atomic E-state index is 12.4. The minimum absolute atomic E-state index is 0.0688. The molecule has 2 amide bonds. The van der Waals surface area contributed by atoms with Gasteiger partial charge >= 0.3 is 12.1 Å². The Labute approximate surface area is 195 Å². The van der Waals surface area contributed by atoms with E-state index < -0.39 is 30.1 Å². The summed E-state index contributed by atoms with van der Waals surface area (Å²) >= 11 is 0. The van der Waals surface area contributed by atoms with E-state index >= 15 is 0 Å². The van der Waals surface area contributed by atoms with Gasteiger partial charge < -0.3 is 20.3 Å². The third-order valence-corrected chi connectivity index (χ3v) is 5.59. The molecule has 10 nitrogen and oxygen atoms in total. The summed E-state index contributed by atoms with van der Waals surface area (Å²) in [5.74, 6) is -2.06. The number of aliphatic hydroxyl groups is 1. The molecule has 0 spiro atoms.